The molecule has 18 heavy (non-hydrogen) atoms. The summed E-state index contributed by atoms with van der Waals surface area (Å²) < 4.78 is 0. The lowest BCUT2D eigenvalue weighted by Crippen LogP contribution is -2.29. The van der Waals surface area contributed by atoms with Gasteiger partial charge in [-0.25, -0.2) is 14.8 Å². The molecule has 1 heterocycles. The molecule has 6 nitrogen and oxygen atoms in total. The lowest BCUT2D eigenvalue weighted by molar-refractivity contribution is -0.131. The first kappa shape index (κ1) is 13.6. The largest absolute Gasteiger partial charge is 0.478 e. The van der Waals surface area contributed by atoms with Gasteiger partial charge in [0.1, 0.15) is 0 Å². The van der Waals surface area contributed by atoms with Gasteiger partial charge in [-0.1, -0.05) is 0 Å². The lowest BCUT2D eigenvalue weighted by atomic mass is 10.2. The minimum atomic E-state index is -1.01. The number of nitrogens with zero attached hydrogens (tertiary/aromatic N) is 4. The molecule has 1 unspecified atom stereocenters. The standard InChI is InChI=1S/C12H14N4O2/c1-9(5-6-13)16(2)12-14-7-10(8-15-12)3-4-11(17)18/h3-4,7-9H,5H2,1-2H3,(H,17,18)/b4-3+. The summed E-state index contributed by atoms with van der Waals surface area (Å²) in [7, 11) is 1.81. The summed E-state index contributed by atoms with van der Waals surface area (Å²) in [6.07, 6.45) is 5.92. The molecule has 0 radical (unpaired) electrons. The van der Waals surface area contributed by atoms with Gasteiger partial charge in [0.2, 0.25) is 5.95 Å². The first-order chi connectivity index (χ1) is 8.54. The van der Waals surface area contributed by atoms with Crippen LogP contribution in [0.5, 0.6) is 0 Å². The zero-order valence-electron chi connectivity index (χ0n) is 10.2. The molecule has 94 valence electrons. The molecule has 0 spiro atoms. The van der Waals surface area contributed by atoms with Crippen LogP contribution < -0.4 is 4.90 Å². The zero-order chi connectivity index (χ0) is 13.5. The Balaban J connectivity index is 2.77. The van der Waals surface area contributed by atoms with Crippen molar-refractivity contribution in [1.82, 2.24) is 9.97 Å². The molecule has 0 saturated heterocycles. The highest BCUT2D eigenvalue weighted by Gasteiger charge is 2.11. The molecular weight excluding hydrogens is 232 g/mol. The quantitative estimate of drug-likeness (QED) is 0.788. The third-order valence-corrected chi connectivity index (χ3v) is 2.44. The number of hydrogen-bond donors (Lipinski definition) is 1. The Bertz CT molecular complexity index is 476. The molecule has 0 bridgehead atoms. The number of nitriles is 1. The van der Waals surface area contributed by atoms with Crippen molar-refractivity contribution in [2.45, 2.75) is 19.4 Å². The summed E-state index contributed by atoms with van der Waals surface area (Å²) in [5, 5.41) is 17.1. The number of anilines is 1. The average Bonchev–Trinajstić information content (AvgIpc) is 2.36. The van der Waals surface area contributed by atoms with Crippen molar-refractivity contribution in [3.05, 3.63) is 24.0 Å². The molecular formula is C12H14N4O2. The Morgan fingerprint density at radius 3 is 2.72 bits per heavy atom. The van der Waals surface area contributed by atoms with E-state index in [0.29, 0.717) is 17.9 Å². The second-order valence-corrected chi connectivity index (χ2v) is 3.81. The van der Waals surface area contributed by atoms with E-state index in [1.54, 1.807) is 4.90 Å². The molecule has 0 aliphatic carbocycles. The molecule has 0 aliphatic rings. The number of carboxylic acids is 1. The Morgan fingerprint density at radius 2 is 2.22 bits per heavy atom. The van der Waals surface area contributed by atoms with Gasteiger partial charge < -0.3 is 10.0 Å². The van der Waals surface area contributed by atoms with Crippen molar-refractivity contribution in [1.29, 1.82) is 5.26 Å². The number of carbonyl (C=O) groups is 1. The second kappa shape index (κ2) is 6.35. The fourth-order valence-corrected chi connectivity index (χ4v) is 1.23. The van der Waals surface area contributed by atoms with Crippen molar-refractivity contribution in [2.24, 2.45) is 0 Å². The SMILES string of the molecule is CC(CC#N)N(C)c1ncc(/C=C/C(=O)O)cn1. The van der Waals surface area contributed by atoms with Crippen LogP contribution in [0.4, 0.5) is 5.95 Å². The van der Waals surface area contributed by atoms with Crippen LogP contribution in [-0.4, -0.2) is 34.1 Å². The van der Waals surface area contributed by atoms with Gasteiger partial charge in [0.05, 0.1) is 12.5 Å². The normalized spacial score (nSPS) is 12.1. The van der Waals surface area contributed by atoms with Crippen LogP contribution in [0.2, 0.25) is 0 Å². The van der Waals surface area contributed by atoms with E-state index in [4.69, 9.17) is 10.4 Å². The van der Waals surface area contributed by atoms with Gasteiger partial charge in [-0.05, 0) is 13.0 Å². The number of aliphatic carboxylic acids is 1. The van der Waals surface area contributed by atoms with E-state index < -0.39 is 5.97 Å². The van der Waals surface area contributed by atoms with Crippen molar-refractivity contribution >= 4 is 18.0 Å². The topological polar surface area (TPSA) is 90.1 Å². The van der Waals surface area contributed by atoms with Crippen molar-refractivity contribution in [3.63, 3.8) is 0 Å². The Morgan fingerprint density at radius 1 is 1.61 bits per heavy atom. The maximum absolute atomic E-state index is 10.3. The summed E-state index contributed by atoms with van der Waals surface area (Å²) in [5.74, 6) is -0.510. The van der Waals surface area contributed by atoms with Gasteiger partial charge in [-0.3, -0.25) is 0 Å². The zero-order valence-corrected chi connectivity index (χ0v) is 10.2. The summed E-state index contributed by atoms with van der Waals surface area (Å²) >= 11 is 0. The number of rotatable bonds is 5. The fraction of sp³-hybridized carbons (Fsp3) is 0.333. The lowest BCUT2D eigenvalue weighted by Gasteiger charge is -2.22. The van der Waals surface area contributed by atoms with Gasteiger partial charge >= 0.3 is 5.97 Å². The summed E-state index contributed by atoms with van der Waals surface area (Å²) in [6, 6.07) is 2.11. The highest BCUT2D eigenvalue weighted by molar-refractivity contribution is 5.85. The van der Waals surface area contributed by atoms with Crippen LogP contribution in [0.25, 0.3) is 6.08 Å². The first-order valence-corrected chi connectivity index (χ1v) is 5.37. The van der Waals surface area contributed by atoms with E-state index in [0.717, 1.165) is 6.08 Å². The smallest absolute Gasteiger partial charge is 0.328 e. The minimum absolute atomic E-state index is 0.0235. The number of carboxylic acid groups (broad SMARTS) is 1. The van der Waals surface area contributed by atoms with Crippen LogP contribution >= 0.6 is 0 Å². The molecule has 0 saturated carbocycles. The monoisotopic (exact) mass is 246 g/mol. The molecule has 1 aromatic rings. The van der Waals surface area contributed by atoms with Gasteiger partial charge in [-0.15, -0.1) is 0 Å². The molecule has 1 rings (SSSR count). The highest BCUT2D eigenvalue weighted by Crippen LogP contribution is 2.11. The van der Waals surface area contributed by atoms with Crippen LogP contribution in [-0.2, 0) is 4.79 Å². The fourth-order valence-electron chi connectivity index (χ4n) is 1.23. The van der Waals surface area contributed by atoms with Gasteiger partial charge in [0, 0.05) is 37.1 Å². The van der Waals surface area contributed by atoms with Crippen LogP contribution in [0.15, 0.2) is 18.5 Å². The number of aromatic nitrogens is 2. The van der Waals surface area contributed by atoms with E-state index in [9.17, 15) is 4.79 Å². The molecule has 0 aliphatic heterocycles. The minimum Gasteiger partial charge on any atom is -0.478 e. The van der Waals surface area contributed by atoms with Gasteiger partial charge in [-0.2, -0.15) is 5.26 Å². The Kier molecular flexibility index (Phi) is 4.81. The number of hydrogen-bond acceptors (Lipinski definition) is 5. The van der Waals surface area contributed by atoms with Crippen molar-refractivity contribution < 1.29 is 9.90 Å². The molecule has 1 atom stereocenters. The maximum Gasteiger partial charge on any atom is 0.328 e. The van der Waals surface area contributed by atoms with E-state index in [1.807, 2.05) is 14.0 Å². The summed E-state index contributed by atoms with van der Waals surface area (Å²) in [4.78, 5) is 20.4. The van der Waals surface area contributed by atoms with E-state index in [-0.39, 0.29) is 6.04 Å². The van der Waals surface area contributed by atoms with Crippen LogP contribution in [0.1, 0.15) is 18.9 Å². The second-order valence-electron chi connectivity index (χ2n) is 3.81. The Labute approximate surface area is 105 Å². The molecule has 0 amide bonds. The molecule has 1 aromatic heterocycles. The third-order valence-electron chi connectivity index (χ3n) is 2.44. The van der Waals surface area contributed by atoms with Crippen LogP contribution in [0.3, 0.4) is 0 Å². The molecule has 6 heteroatoms. The molecule has 1 N–H and O–H groups in total. The predicted molar refractivity (Wildman–Crippen MR) is 66.8 cm³/mol. The van der Waals surface area contributed by atoms with E-state index >= 15 is 0 Å². The van der Waals surface area contributed by atoms with E-state index in [2.05, 4.69) is 16.0 Å². The summed E-state index contributed by atoms with van der Waals surface area (Å²) in [5.41, 5.74) is 0.613. The van der Waals surface area contributed by atoms with Gasteiger partial charge in [0.25, 0.3) is 0 Å². The summed E-state index contributed by atoms with van der Waals surface area (Å²) in [6.45, 7) is 1.91. The highest BCUT2D eigenvalue weighted by atomic mass is 16.4. The molecule has 0 fully saturated rings. The van der Waals surface area contributed by atoms with Crippen LogP contribution in [0, 0.1) is 11.3 Å². The third kappa shape index (κ3) is 3.87. The molecule has 0 aromatic carbocycles. The van der Waals surface area contributed by atoms with Crippen molar-refractivity contribution in [2.75, 3.05) is 11.9 Å². The van der Waals surface area contributed by atoms with Crippen molar-refractivity contribution in [3.8, 4) is 6.07 Å². The van der Waals surface area contributed by atoms with E-state index in [1.165, 1.54) is 18.5 Å². The first-order valence-electron chi connectivity index (χ1n) is 5.37. The maximum atomic E-state index is 10.3. The Hall–Kier alpha value is -2.42. The average molecular weight is 246 g/mol. The predicted octanol–water partition coefficient (Wildman–Crippen LogP) is 1.31. The van der Waals surface area contributed by atoms with Gasteiger partial charge in [0.15, 0.2) is 0 Å².